The molecule has 1 fully saturated rings. The standard InChI is InChI=1S/C26H30N2O5S/c1-18-11-13-20(14-12-18)34(30,31)27-15-21-22(16-27)26(4)24(2,23(29)32-5)17-25(21,3)28(33-26)19-9-7-6-8-10-19/h6-14H,15-17H2,1-5H3/t24-,25+,26+/m0/s1. The van der Waals surface area contributed by atoms with Crippen molar-refractivity contribution in [2.75, 3.05) is 25.3 Å². The lowest BCUT2D eigenvalue weighted by atomic mass is 9.56. The van der Waals surface area contributed by atoms with Crippen LogP contribution in [0, 0.1) is 12.3 Å². The van der Waals surface area contributed by atoms with Crippen LogP contribution in [0.4, 0.5) is 5.69 Å². The number of benzene rings is 2. The summed E-state index contributed by atoms with van der Waals surface area (Å²) in [5.74, 6) is -0.361. The Bertz CT molecular complexity index is 1290. The minimum atomic E-state index is -3.73. The van der Waals surface area contributed by atoms with E-state index >= 15 is 0 Å². The van der Waals surface area contributed by atoms with Gasteiger partial charge in [-0.25, -0.2) is 13.5 Å². The van der Waals surface area contributed by atoms with E-state index in [0.29, 0.717) is 6.42 Å². The van der Waals surface area contributed by atoms with Gasteiger partial charge >= 0.3 is 5.97 Å². The molecule has 7 nitrogen and oxygen atoms in total. The summed E-state index contributed by atoms with van der Waals surface area (Å²) in [6.07, 6.45) is 0.440. The first-order valence-corrected chi connectivity index (χ1v) is 12.8. The summed E-state index contributed by atoms with van der Waals surface area (Å²) in [7, 11) is -2.35. The number of hydrogen-bond donors (Lipinski definition) is 0. The molecule has 6 rings (SSSR count). The van der Waals surface area contributed by atoms with E-state index in [1.807, 2.05) is 63.1 Å². The summed E-state index contributed by atoms with van der Waals surface area (Å²) < 4.78 is 33.9. The highest BCUT2D eigenvalue weighted by molar-refractivity contribution is 7.89. The van der Waals surface area contributed by atoms with Crippen LogP contribution < -0.4 is 5.06 Å². The van der Waals surface area contributed by atoms with E-state index in [0.717, 1.165) is 22.4 Å². The molecule has 180 valence electrons. The lowest BCUT2D eigenvalue weighted by molar-refractivity contribution is -0.204. The number of hydrogen-bond acceptors (Lipinski definition) is 6. The molecular formula is C26H30N2O5S. The van der Waals surface area contributed by atoms with Crippen LogP contribution >= 0.6 is 0 Å². The largest absolute Gasteiger partial charge is 0.469 e. The van der Waals surface area contributed by atoms with Gasteiger partial charge in [0.1, 0.15) is 11.0 Å². The number of sulfonamides is 1. The Balaban J connectivity index is 1.62. The van der Waals surface area contributed by atoms with E-state index in [2.05, 4.69) is 0 Å². The number of rotatable bonds is 4. The first-order valence-electron chi connectivity index (χ1n) is 11.4. The molecule has 0 unspecified atom stereocenters. The summed E-state index contributed by atoms with van der Waals surface area (Å²) in [5.41, 5.74) is 0.907. The van der Waals surface area contributed by atoms with Crippen LogP contribution in [0.25, 0.3) is 0 Å². The monoisotopic (exact) mass is 482 g/mol. The molecule has 2 bridgehead atoms. The van der Waals surface area contributed by atoms with Gasteiger partial charge in [0.2, 0.25) is 10.0 Å². The predicted octanol–water partition coefficient (Wildman–Crippen LogP) is 3.85. The van der Waals surface area contributed by atoms with Crippen molar-refractivity contribution in [3.05, 3.63) is 71.3 Å². The van der Waals surface area contributed by atoms with Crippen molar-refractivity contribution in [2.24, 2.45) is 5.41 Å². The van der Waals surface area contributed by atoms with Gasteiger partial charge in [-0.05, 0) is 69.5 Å². The highest BCUT2D eigenvalue weighted by Gasteiger charge is 2.70. The topological polar surface area (TPSA) is 76.1 Å². The zero-order valence-corrected chi connectivity index (χ0v) is 21.0. The van der Waals surface area contributed by atoms with Gasteiger partial charge in [0.15, 0.2) is 0 Å². The Labute approximate surface area is 201 Å². The van der Waals surface area contributed by atoms with Gasteiger partial charge in [-0.15, -0.1) is 0 Å². The molecule has 4 aliphatic rings. The number of carbonyl (C=O) groups is 1. The molecule has 34 heavy (non-hydrogen) atoms. The Morgan fingerprint density at radius 1 is 0.971 bits per heavy atom. The van der Waals surface area contributed by atoms with Crippen molar-refractivity contribution >= 4 is 21.7 Å². The molecule has 0 spiro atoms. The minimum Gasteiger partial charge on any atom is -0.469 e. The Morgan fingerprint density at radius 2 is 1.59 bits per heavy atom. The fraction of sp³-hybridized carbons (Fsp3) is 0.423. The third kappa shape index (κ3) is 2.95. The molecule has 0 aromatic heterocycles. The Hall–Kier alpha value is -2.68. The molecule has 2 aromatic carbocycles. The number of fused-ring (bicyclic) bond motifs is 2. The molecule has 8 heteroatoms. The normalized spacial score (nSPS) is 31.0. The van der Waals surface area contributed by atoms with Crippen molar-refractivity contribution in [2.45, 2.75) is 50.2 Å². The van der Waals surface area contributed by atoms with Gasteiger partial charge in [0, 0.05) is 13.1 Å². The maximum absolute atomic E-state index is 13.6. The number of ether oxygens (including phenoxy) is 1. The van der Waals surface area contributed by atoms with Crippen LogP contribution in [0.1, 0.15) is 32.8 Å². The molecule has 0 amide bonds. The van der Waals surface area contributed by atoms with Crippen molar-refractivity contribution < 1.29 is 22.8 Å². The smallest absolute Gasteiger partial charge is 0.315 e. The summed E-state index contributed by atoms with van der Waals surface area (Å²) >= 11 is 0. The van der Waals surface area contributed by atoms with E-state index in [9.17, 15) is 13.2 Å². The van der Waals surface area contributed by atoms with Gasteiger partial charge in [-0.1, -0.05) is 35.9 Å². The number of aryl methyl sites for hydroxylation is 1. The predicted molar refractivity (Wildman–Crippen MR) is 129 cm³/mol. The molecule has 0 radical (unpaired) electrons. The summed E-state index contributed by atoms with van der Waals surface area (Å²) in [4.78, 5) is 20.0. The number of nitrogens with zero attached hydrogens (tertiary/aromatic N) is 2. The lowest BCUT2D eigenvalue weighted by Gasteiger charge is -2.63. The molecule has 3 atom stereocenters. The molecule has 3 heterocycles. The molecule has 2 aromatic rings. The number of methoxy groups -OCH3 is 1. The Kier molecular flexibility index (Phi) is 5.03. The maximum atomic E-state index is 13.6. The van der Waals surface area contributed by atoms with Crippen LogP contribution in [-0.4, -0.2) is 50.0 Å². The summed E-state index contributed by atoms with van der Waals surface area (Å²) in [5, 5.41) is 1.86. The first-order chi connectivity index (χ1) is 16.0. The zero-order chi connectivity index (χ0) is 24.5. The van der Waals surface area contributed by atoms with E-state index in [1.54, 1.807) is 24.3 Å². The van der Waals surface area contributed by atoms with Gasteiger partial charge in [-0.3, -0.25) is 9.63 Å². The zero-order valence-electron chi connectivity index (χ0n) is 20.2. The van der Waals surface area contributed by atoms with Gasteiger partial charge < -0.3 is 4.74 Å². The minimum absolute atomic E-state index is 0.173. The van der Waals surface area contributed by atoms with Crippen LogP contribution in [0.2, 0.25) is 0 Å². The van der Waals surface area contributed by atoms with Crippen LogP contribution in [-0.2, 0) is 24.4 Å². The second kappa shape index (κ2) is 7.41. The van der Waals surface area contributed by atoms with E-state index in [-0.39, 0.29) is 24.0 Å². The average molecular weight is 483 g/mol. The van der Waals surface area contributed by atoms with E-state index in [1.165, 1.54) is 11.4 Å². The summed E-state index contributed by atoms with van der Waals surface area (Å²) in [6.45, 7) is 8.12. The quantitative estimate of drug-likeness (QED) is 0.487. The van der Waals surface area contributed by atoms with Crippen molar-refractivity contribution in [3.8, 4) is 0 Å². The average Bonchev–Trinajstić information content (AvgIpc) is 3.30. The molecule has 0 saturated carbocycles. The molecule has 3 aliphatic heterocycles. The van der Waals surface area contributed by atoms with Crippen LogP contribution in [0.15, 0.2) is 70.6 Å². The van der Waals surface area contributed by atoms with Crippen molar-refractivity contribution in [1.29, 1.82) is 0 Å². The number of para-hydroxylation sites is 1. The van der Waals surface area contributed by atoms with Crippen LogP contribution in [0.5, 0.6) is 0 Å². The third-order valence-electron chi connectivity index (χ3n) is 8.02. The number of hydroxylamine groups is 1. The molecule has 1 saturated heterocycles. The number of carbonyl (C=O) groups excluding carboxylic acids is 1. The van der Waals surface area contributed by atoms with Crippen molar-refractivity contribution in [3.63, 3.8) is 0 Å². The molecule has 0 N–H and O–H groups in total. The maximum Gasteiger partial charge on any atom is 0.315 e. The molecule has 1 aliphatic carbocycles. The molecular weight excluding hydrogens is 452 g/mol. The SMILES string of the molecule is COC(=O)[C@]1(C)C[C@]2(C)C3=C(CN(S(=O)(=O)c4ccc(C)cc4)C3)[C@@]1(C)ON2c1ccccc1. The van der Waals surface area contributed by atoms with Crippen molar-refractivity contribution in [1.82, 2.24) is 4.31 Å². The van der Waals surface area contributed by atoms with Gasteiger partial charge in [0.25, 0.3) is 0 Å². The van der Waals surface area contributed by atoms with Crippen LogP contribution in [0.3, 0.4) is 0 Å². The highest BCUT2D eigenvalue weighted by atomic mass is 32.2. The fourth-order valence-electron chi connectivity index (χ4n) is 5.89. The lowest BCUT2D eigenvalue weighted by Crippen LogP contribution is -2.72. The second-order valence-electron chi connectivity index (χ2n) is 10.1. The third-order valence-corrected chi connectivity index (χ3v) is 9.82. The fourth-order valence-corrected chi connectivity index (χ4v) is 7.26. The van der Waals surface area contributed by atoms with Gasteiger partial charge in [0.05, 0.1) is 23.2 Å². The summed E-state index contributed by atoms with van der Waals surface area (Å²) in [6, 6.07) is 16.6. The van der Waals surface area contributed by atoms with Gasteiger partial charge in [-0.2, -0.15) is 4.31 Å². The Morgan fingerprint density at radius 3 is 2.21 bits per heavy atom. The highest BCUT2D eigenvalue weighted by Crippen LogP contribution is 2.62. The first kappa shape index (κ1) is 23.1. The van der Waals surface area contributed by atoms with E-state index < -0.39 is 26.6 Å². The van der Waals surface area contributed by atoms with E-state index in [4.69, 9.17) is 9.57 Å². The number of anilines is 1. The number of esters is 1. The second-order valence-corrected chi connectivity index (χ2v) is 12.0.